The number of carbonyl (C=O) groups is 1. The van der Waals surface area contributed by atoms with Gasteiger partial charge in [-0.25, -0.2) is 0 Å². The van der Waals surface area contributed by atoms with Gasteiger partial charge in [0.25, 0.3) is 0 Å². The summed E-state index contributed by atoms with van der Waals surface area (Å²) in [5.74, 6) is -0.107. The Bertz CT molecular complexity index is 510. The Morgan fingerprint density at radius 3 is 2.63 bits per heavy atom. The fourth-order valence-electron chi connectivity index (χ4n) is 1.89. The lowest BCUT2D eigenvalue weighted by molar-refractivity contribution is -0.122. The first-order valence-corrected chi connectivity index (χ1v) is 7.18. The summed E-state index contributed by atoms with van der Waals surface area (Å²) in [6.07, 6.45) is 0.559. The smallest absolute Gasteiger partial charge is 0.237 e. The van der Waals surface area contributed by atoms with Gasteiger partial charge in [0.1, 0.15) is 0 Å². The summed E-state index contributed by atoms with van der Waals surface area (Å²) >= 11 is 1.63. The highest BCUT2D eigenvalue weighted by molar-refractivity contribution is 7.10. The first-order valence-electron chi connectivity index (χ1n) is 6.30. The van der Waals surface area contributed by atoms with E-state index >= 15 is 0 Å². The molecule has 1 amide bonds. The van der Waals surface area contributed by atoms with Gasteiger partial charge >= 0.3 is 0 Å². The predicted octanol–water partition coefficient (Wildman–Crippen LogP) is 2.50. The van der Waals surface area contributed by atoms with Crippen molar-refractivity contribution in [2.45, 2.75) is 25.4 Å². The zero-order chi connectivity index (χ0) is 13.7. The maximum Gasteiger partial charge on any atom is 0.237 e. The Morgan fingerprint density at radius 2 is 2.00 bits per heavy atom. The molecule has 0 aliphatic carbocycles. The van der Waals surface area contributed by atoms with Crippen LogP contribution in [-0.2, 0) is 11.2 Å². The molecule has 0 fully saturated rings. The molecule has 3 nitrogen and oxygen atoms in total. The minimum atomic E-state index is -0.509. The van der Waals surface area contributed by atoms with Gasteiger partial charge in [0.2, 0.25) is 5.91 Å². The molecule has 4 heteroatoms. The fraction of sp³-hybridized carbons (Fsp3) is 0.267. The van der Waals surface area contributed by atoms with E-state index in [4.69, 9.17) is 5.73 Å². The van der Waals surface area contributed by atoms with E-state index in [0.29, 0.717) is 6.42 Å². The molecule has 0 saturated heterocycles. The summed E-state index contributed by atoms with van der Waals surface area (Å²) < 4.78 is 0. The molecule has 0 spiro atoms. The van der Waals surface area contributed by atoms with Crippen LogP contribution in [0.5, 0.6) is 0 Å². The molecule has 2 atom stereocenters. The van der Waals surface area contributed by atoms with Gasteiger partial charge in [-0.2, -0.15) is 0 Å². The Morgan fingerprint density at radius 1 is 1.26 bits per heavy atom. The maximum absolute atomic E-state index is 12.0. The van der Waals surface area contributed by atoms with Crippen LogP contribution >= 0.6 is 11.3 Å². The number of benzene rings is 1. The van der Waals surface area contributed by atoms with Gasteiger partial charge in [-0.15, -0.1) is 11.3 Å². The maximum atomic E-state index is 12.0. The van der Waals surface area contributed by atoms with Gasteiger partial charge in [0, 0.05) is 4.88 Å². The molecule has 1 aromatic heterocycles. The van der Waals surface area contributed by atoms with Crippen LogP contribution in [0.4, 0.5) is 0 Å². The second kappa shape index (κ2) is 6.50. The van der Waals surface area contributed by atoms with Crippen LogP contribution in [0, 0.1) is 0 Å². The van der Waals surface area contributed by atoms with Crippen molar-refractivity contribution < 1.29 is 4.79 Å². The second-order valence-electron chi connectivity index (χ2n) is 4.54. The molecule has 1 heterocycles. The zero-order valence-corrected chi connectivity index (χ0v) is 11.7. The van der Waals surface area contributed by atoms with E-state index in [1.807, 2.05) is 54.8 Å². The molecule has 19 heavy (non-hydrogen) atoms. The molecule has 1 unspecified atom stereocenters. The number of hydrogen-bond acceptors (Lipinski definition) is 3. The molecule has 0 aliphatic rings. The molecule has 2 rings (SSSR count). The van der Waals surface area contributed by atoms with Crippen molar-refractivity contribution >= 4 is 17.2 Å². The molecular weight excluding hydrogens is 256 g/mol. The molecule has 0 aliphatic heterocycles. The highest BCUT2D eigenvalue weighted by Gasteiger charge is 2.17. The van der Waals surface area contributed by atoms with Gasteiger partial charge in [-0.1, -0.05) is 36.4 Å². The number of nitrogens with one attached hydrogen (secondary N) is 1. The lowest BCUT2D eigenvalue weighted by Crippen LogP contribution is -2.42. The summed E-state index contributed by atoms with van der Waals surface area (Å²) in [5, 5.41) is 4.95. The van der Waals surface area contributed by atoms with Gasteiger partial charge in [-0.3, -0.25) is 4.79 Å². The predicted molar refractivity (Wildman–Crippen MR) is 79.0 cm³/mol. The van der Waals surface area contributed by atoms with Gasteiger partial charge in [-0.05, 0) is 30.4 Å². The standard InChI is InChI=1S/C15H18N2OS/c1-11(14-8-5-9-19-14)17-15(18)13(16)10-12-6-3-2-4-7-12/h2-9,11,13H,10,16H2,1H3,(H,17,18)/t11?,13-/m0/s1. The first kappa shape index (κ1) is 13.8. The summed E-state index contributed by atoms with van der Waals surface area (Å²) in [5.41, 5.74) is 7.02. The molecule has 0 saturated carbocycles. The second-order valence-corrected chi connectivity index (χ2v) is 5.52. The van der Waals surface area contributed by atoms with E-state index in [1.54, 1.807) is 11.3 Å². The third kappa shape index (κ3) is 3.91. The molecule has 2 aromatic rings. The van der Waals surface area contributed by atoms with E-state index in [9.17, 15) is 4.79 Å². The van der Waals surface area contributed by atoms with Crippen molar-refractivity contribution in [3.05, 3.63) is 58.3 Å². The highest BCUT2D eigenvalue weighted by atomic mass is 32.1. The Balaban J connectivity index is 1.89. The van der Waals surface area contributed by atoms with E-state index in [-0.39, 0.29) is 11.9 Å². The Kier molecular flexibility index (Phi) is 4.71. The normalized spacial score (nSPS) is 13.8. The van der Waals surface area contributed by atoms with Crippen LogP contribution in [0.1, 0.15) is 23.4 Å². The van der Waals surface area contributed by atoms with Crippen LogP contribution in [0.15, 0.2) is 47.8 Å². The number of hydrogen-bond donors (Lipinski definition) is 2. The van der Waals surface area contributed by atoms with Gasteiger partial charge in [0.05, 0.1) is 12.1 Å². The molecule has 0 bridgehead atoms. The van der Waals surface area contributed by atoms with Crippen molar-refractivity contribution in [2.24, 2.45) is 5.73 Å². The van der Waals surface area contributed by atoms with Crippen LogP contribution in [-0.4, -0.2) is 11.9 Å². The topological polar surface area (TPSA) is 55.1 Å². The summed E-state index contributed by atoms with van der Waals surface area (Å²) in [6, 6.07) is 13.3. The largest absolute Gasteiger partial charge is 0.347 e. The van der Waals surface area contributed by atoms with Crippen LogP contribution in [0.25, 0.3) is 0 Å². The number of amides is 1. The molecule has 1 aromatic carbocycles. The first-order chi connectivity index (χ1) is 9.16. The lowest BCUT2D eigenvalue weighted by atomic mass is 10.1. The van der Waals surface area contributed by atoms with E-state index in [0.717, 1.165) is 10.4 Å². The molecular formula is C15H18N2OS. The van der Waals surface area contributed by atoms with Crippen molar-refractivity contribution in [3.63, 3.8) is 0 Å². The average Bonchev–Trinajstić information content (AvgIpc) is 2.93. The minimum Gasteiger partial charge on any atom is -0.347 e. The molecule has 0 radical (unpaired) electrons. The van der Waals surface area contributed by atoms with Crippen molar-refractivity contribution in [3.8, 4) is 0 Å². The van der Waals surface area contributed by atoms with Crippen molar-refractivity contribution in [1.29, 1.82) is 0 Å². The van der Waals surface area contributed by atoms with E-state index in [2.05, 4.69) is 5.32 Å². The quantitative estimate of drug-likeness (QED) is 0.880. The third-order valence-corrected chi connectivity index (χ3v) is 4.02. The number of carbonyl (C=O) groups excluding carboxylic acids is 1. The summed E-state index contributed by atoms with van der Waals surface area (Å²) in [6.45, 7) is 1.97. The Labute approximate surface area is 117 Å². The number of thiophene rings is 1. The van der Waals surface area contributed by atoms with Crippen LogP contribution < -0.4 is 11.1 Å². The van der Waals surface area contributed by atoms with Crippen molar-refractivity contribution in [2.75, 3.05) is 0 Å². The monoisotopic (exact) mass is 274 g/mol. The minimum absolute atomic E-state index is 0.00863. The van der Waals surface area contributed by atoms with E-state index in [1.165, 1.54) is 0 Å². The summed E-state index contributed by atoms with van der Waals surface area (Å²) in [7, 11) is 0. The van der Waals surface area contributed by atoms with Gasteiger partial charge in [0.15, 0.2) is 0 Å². The zero-order valence-electron chi connectivity index (χ0n) is 10.9. The number of nitrogens with two attached hydrogens (primary N) is 1. The van der Waals surface area contributed by atoms with Crippen LogP contribution in [0.3, 0.4) is 0 Å². The SMILES string of the molecule is CC(NC(=O)[C@@H](N)Cc1ccccc1)c1cccs1. The van der Waals surface area contributed by atoms with E-state index < -0.39 is 6.04 Å². The molecule has 3 N–H and O–H groups in total. The fourth-order valence-corrected chi connectivity index (χ4v) is 2.62. The number of rotatable bonds is 5. The highest BCUT2D eigenvalue weighted by Crippen LogP contribution is 2.18. The molecule has 100 valence electrons. The summed E-state index contributed by atoms with van der Waals surface area (Å²) in [4.78, 5) is 13.2. The lowest BCUT2D eigenvalue weighted by Gasteiger charge is -2.16. The van der Waals surface area contributed by atoms with Crippen LogP contribution in [0.2, 0.25) is 0 Å². The third-order valence-electron chi connectivity index (χ3n) is 2.96. The van der Waals surface area contributed by atoms with Gasteiger partial charge < -0.3 is 11.1 Å². The average molecular weight is 274 g/mol. The Hall–Kier alpha value is -1.65. The van der Waals surface area contributed by atoms with Crippen molar-refractivity contribution in [1.82, 2.24) is 5.32 Å².